The molecule has 4 rings (SSSR count). The minimum Gasteiger partial charge on any atom is -0.492 e. The van der Waals surface area contributed by atoms with Crippen molar-refractivity contribution in [3.8, 4) is 5.75 Å². The number of ether oxygens (including phenoxy) is 1. The van der Waals surface area contributed by atoms with Crippen LogP contribution < -0.4 is 10.1 Å². The number of anilines is 1. The zero-order valence-corrected chi connectivity index (χ0v) is 20.2. The van der Waals surface area contributed by atoms with Gasteiger partial charge < -0.3 is 10.1 Å². The van der Waals surface area contributed by atoms with Crippen molar-refractivity contribution in [2.45, 2.75) is 51.4 Å². The van der Waals surface area contributed by atoms with Gasteiger partial charge >= 0.3 is 0 Å². The largest absolute Gasteiger partial charge is 0.492 e. The first-order valence-electron chi connectivity index (χ1n) is 12.4. The molecule has 0 unspecified atom stereocenters. The molecule has 1 saturated carbocycles. The number of nitrogens with one attached hydrogen (secondary N) is 1. The molecular formula is C27H35N3O4. The second-order valence-electron chi connectivity index (χ2n) is 10.1. The molecule has 1 aliphatic heterocycles. The van der Waals surface area contributed by atoms with E-state index in [9.17, 15) is 14.9 Å². The predicted molar refractivity (Wildman–Crippen MR) is 133 cm³/mol. The molecule has 0 spiro atoms. The lowest BCUT2D eigenvalue weighted by Gasteiger charge is -2.34. The third kappa shape index (κ3) is 5.58. The van der Waals surface area contributed by atoms with E-state index < -0.39 is 10.3 Å². The maximum Gasteiger partial charge on any atom is 0.269 e. The number of nitrogens with zero attached hydrogens (tertiary/aromatic N) is 2. The smallest absolute Gasteiger partial charge is 0.269 e. The molecule has 34 heavy (non-hydrogen) atoms. The van der Waals surface area contributed by atoms with E-state index in [-0.39, 0.29) is 11.6 Å². The summed E-state index contributed by atoms with van der Waals surface area (Å²) in [6.07, 6.45) is 4.71. The SMILES string of the molecule is C[C@@H]1C[C@H](C)CN(CCOc2ccc(NC(=O)C3(c4ccc([N+](=O)[O-])cc4)CCCC3)cc2)C1. The van der Waals surface area contributed by atoms with E-state index >= 15 is 0 Å². The number of nitro benzene ring substituents is 1. The van der Waals surface area contributed by atoms with Gasteiger partial charge in [-0.2, -0.15) is 0 Å². The summed E-state index contributed by atoms with van der Waals surface area (Å²) in [4.78, 5) is 26.4. The Balaban J connectivity index is 1.34. The van der Waals surface area contributed by atoms with E-state index in [4.69, 9.17) is 4.74 Å². The Hall–Kier alpha value is -2.93. The fraction of sp³-hybridized carbons (Fsp3) is 0.519. The van der Waals surface area contributed by atoms with E-state index in [0.717, 1.165) is 74.2 Å². The molecule has 0 bridgehead atoms. The first-order chi connectivity index (χ1) is 16.4. The number of carbonyl (C=O) groups excluding carboxylic acids is 1. The summed E-state index contributed by atoms with van der Waals surface area (Å²) in [6, 6.07) is 14.0. The molecule has 1 amide bonds. The van der Waals surface area contributed by atoms with Crippen LogP contribution >= 0.6 is 0 Å². The van der Waals surface area contributed by atoms with Crippen molar-refractivity contribution in [3.63, 3.8) is 0 Å². The van der Waals surface area contributed by atoms with Crippen molar-refractivity contribution < 1.29 is 14.5 Å². The summed E-state index contributed by atoms with van der Waals surface area (Å²) in [5.74, 6) is 2.21. The number of likely N-dealkylation sites (tertiary alicyclic amines) is 1. The van der Waals surface area contributed by atoms with Crippen LogP contribution in [0.15, 0.2) is 48.5 Å². The number of hydrogen-bond acceptors (Lipinski definition) is 5. The molecule has 0 aromatic heterocycles. The van der Waals surface area contributed by atoms with Crippen molar-refractivity contribution in [2.75, 3.05) is 31.6 Å². The third-order valence-corrected chi connectivity index (χ3v) is 7.26. The van der Waals surface area contributed by atoms with Crippen LogP contribution in [0.4, 0.5) is 11.4 Å². The molecule has 2 aliphatic rings. The summed E-state index contributed by atoms with van der Waals surface area (Å²) < 4.78 is 5.95. The predicted octanol–water partition coefficient (Wildman–Crippen LogP) is 5.40. The molecule has 1 heterocycles. The van der Waals surface area contributed by atoms with Crippen molar-refractivity contribution in [2.24, 2.45) is 11.8 Å². The fourth-order valence-electron chi connectivity index (χ4n) is 5.68. The van der Waals surface area contributed by atoms with Crippen molar-refractivity contribution in [1.29, 1.82) is 0 Å². The van der Waals surface area contributed by atoms with Gasteiger partial charge in [0.25, 0.3) is 5.69 Å². The Kier molecular flexibility index (Phi) is 7.51. The highest BCUT2D eigenvalue weighted by atomic mass is 16.6. The third-order valence-electron chi connectivity index (χ3n) is 7.26. The molecule has 1 N–H and O–H groups in total. The van der Waals surface area contributed by atoms with E-state index in [0.29, 0.717) is 6.61 Å². The van der Waals surface area contributed by atoms with E-state index in [1.165, 1.54) is 18.6 Å². The maximum atomic E-state index is 13.4. The van der Waals surface area contributed by atoms with Crippen LogP contribution in [0.2, 0.25) is 0 Å². The summed E-state index contributed by atoms with van der Waals surface area (Å²) in [6.45, 7) is 8.46. The molecule has 1 aliphatic carbocycles. The number of non-ortho nitro benzene ring substituents is 1. The number of rotatable bonds is 8. The molecule has 182 valence electrons. The first-order valence-corrected chi connectivity index (χ1v) is 12.4. The number of hydrogen-bond donors (Lipinski definition) is 1. The van der Waals surface area contributed by atoms with Crippen molar-refractivity contribution in [3.05, 3.63) is 64.2 Å². The molecule has 2 atom stereocenters. The van der Waals surface area contributed by atoms with Gasteiger partial charge in [-0.3, -0.25) is 19.8 Å². The Labute approximate surface area is 201 Å². The average Bonchev–Trinajstić information content (AvgIpc) is 3.31. The Morgan fingerprint density at radius 3 is 2.26 bits per heavy atom. The lowest BCUT2D eigenvalue weighted by molar-refractivity contribution is -0.384. The van der Waals surface area contributed by atoms with Gasteiger partial charge in [0.2, 0.25) is 5.91 Å². The van der Waals surface area contributed by atoms with Crippen molar-refractivity contribution >= 4 is 17.3 Å². The normalized spacial score (nSPS) is 22.3. The quantitative estimate of drug-likeness (QED) is 0.417. The van der Waals surface area contributed by atoms with Crippen LogP contribution in [0.3, 0.4) is 0 Å². The molecule has 0 radical (unpaired) electrons. The highest BCUT2D eigenvalue weighted by Crippen LogP contribution is 2.42. The molecule has 7 heteroatoms. The summed E-state index contributed by atoms with van der Waals surface area (Å²) in [5.41, 5.74) is 0.961. The Morgan fingerprint density at radius 1 is 1.06 bits per heavy atom. The molecule has 2 aromatic carbocycles. The second kappa shape index (κ2) is 10.6. The molecule has 1 saturated heterocycles. The standard InChI is InChI=1S/C27H35N3O4/c1-20-17-21(2)19-29(18-20)15-16-34-25-11-7-23(8-12-25)28-26(31)27(13-3-4-14-27)22-5-9-24(10-6-22)30(32)33/h5-12,20-21H,3-4,13-19H2,1-2H3,(H,28,31)/t20-,21+. The topological polar surface area (TPSA) is 84.7 Å². The second-order valence-corrected chi connectivity index (χ2v) is 10.1. The van der Waals surface area contributed by atoms with Crippen LogP contribution in [-0.4, -0.2) is 42.0 Å². The monoisotopic (exact) mass is 465 g/mol. The minimum absolute atomic E-state index is 0.0391. The highest BCUT2D eigenvalue weighted by molar-refractivity contribution is 5.99. The van der Waals surface area contributed by atoms with Gasteiger partial charge in [-0.1, -0.05) is 38.8 Å². The molecule has 7 nitrogen and oxygen atoms in total. The average molecular weight is 466 g/mol. The van der Waals surface area contributed by atoms with Crippen LogP contribution in [0.5, 0.6) is 5.75 Å². The van der Waals surface area contributed by atoms with Crippen molar-refractivity contribution in [1.82, 2.24) is 4.90 Å². The Morgan fingerprint density at radius 2 is 1.68 bits per heavy atom. The van der Waals surface area contributed by atoms with Gasteiger partial charge in [-0.25, -0.2) is 0 Å². The van der Waals surface area contributed by atoms with Crippen LogP contribution in [0.1, 0.15) is 51.5 Å². The van der Waals surface area contributed by atoms with Gasteiger partial charge in [0.15, 0.2) is 0 Å². The van der Waals surface area contributed by atoms with Gasteiger partial charge in [0.1, 0.15) is 12.4 Å². The van der Waals surface area contributed by atoms with Gasteiger partial charge in [0.05, 0.1) is 10.3 Å². The van der Waals surface area contributed by atoms with Crippen LogP contribution in [0.25, 0.3) is 0 Å². The summed E-state index contributed by atoms with van der Waals surface area (Å²) in [7, 11) is 0. The fourth-order valence-corrected chi connectivity index (χ4v) is 5.68. The number of carbonyl (C=O) groups is 1. The van der Waals surface area contributed by atoms with Crippen LogP contribution in [-0.2, 0) is 10.2 Å². The molecular weight excluding hydrogens is 430 g/mol. The number of amides is 1. The van der Waals surface area contributed by atoms with E-state index in [2.05, 4.69) is 24.1 Å². The maximum absolute atomic E-state index is 13.4. The highest BCUT2D eigenvalue weighted by Gasteiger charge is 2.42. The molecule has 2 aromatic rings. The van der Waals surface area contributed by atoms with Gasteiger partial charge in [-0.05, 0) is 60.9 Å². The van der Waals surface area contributed by atoms with Gasteiger partial charge in [-0.15, -0.1) is 0 Å². The van der Waals surface area contributed by atoms with E-state index in [1.807, 2.05) is 24.3 Å². The van der Waals surface area contributed by atoms with Gasteiger partial charge in [0, 0.05) is 37.5 Å². The number of benzene rings is 2. The molecule has 2 fully saturated rings. The summed E-state index contributed by atoms with van der Waals surface area (Å²) >= 11 is 0. The number of nitro groups is 1. The lowest BCUT2D eigenvalue weighted by Crippen LogP contribution is -2.40. The first kappa shape index (κ1) is 24.2. The Bertz CT molecular complexity index is 974. The zero-order chi connectivity index (χ0) is 24.1. The zero-order valence-electron chi connectivity index (χ0n) is 20.2. The lowest BCUT2D eigenvalue weighted by atomic mass is 9.78. The summed E-state index contributed by atoms with van der Waals surface area (Å²) in [5, 5.41) is 14.1. The van der Waals surface area contributed by atoms with E-state index in [1.54, 1.807) is 12.1 Å². The van der Waals surface area contributed by atoms with Crippen LogP contribution in [0, 0.1) is 22.0 Å². The number of piperidine rings is 1. The minimum atomic E-state index is -0.646.